The number of benzene rings is 2. The van der Waals surface area contributed by atoms with Crippen LogP contribution in [0.15, 0.2) is 73.1 Å². The summed E-state index contributed by atoms with van der Waals surface area (Å²) in [5.74, 6) is 0.305. The van der Waals surface area contributed by atoms with Gasteiger partial charge >= 0.3 is 0 Å². The van der Waals surface area contributed by atoms with Crippen molar-refractivity contribution < 1.29 is 15.0 Å². The number of nitrogens with one attached hydrogen (secondary N) is 1. The van der Waals surface area contributed by atoms with Crippen LogP contribution in [0.4, 0.5) is 0 Å². The topological polar surface area (TPSA) is 95.3 Å². The normalized spacial score (nSPS) is 12.5. The van der Waals surface area contributed by atoms with E-state index in [0.29, 0.717) is 10.7 Å². The third-order valence-corrected chi connectivity index (χ3v) is 7.54. The van der Waals surface area contributed by atoms with Gasteiger partial charge in [0.25, 0.3) is 5.91 Å². The predicted octanol–water partition coefficient (Wildman–Crippen LogP) is 5.38. The van der Waals surface area contributed by atoms with E-state index in [-0.39, 0.29) is 17.7 Å². The molecule has 0 fully saturated rings. The van der Waals surface area contributed by atoms with Crippen molar-refractivity contribution in [1.29, 1.82) is 0 Å². The SMILES string of the molecule is CCc1ccc(C(=O)N[C@@H](Cc2ccc(-c3ncc(-c4ccc(C(C)(C)C)cc4)cn3)cc2)C(O)O)s1. The van der Waals surface area contributed by atoms with Gasteiger partial charge in [-0.2, -0.15) is 0 Å². The maximum atomic E-state index is 12.6. The quantitative estimate of drug-likeness (QED) is 0.274. The van der Waals surface area contributed by atoms with E-state index in [1.54, 1.807) is 6.07 Å². The van der Waals surface area contributed by atoms with Crippen molar-refractivity contribution in [2.75, 3.05) is 0 Å². The summed E-state index contributed by atoms with van der Waals surface area (Å²) < 4.78 is 0. The first-order chi connectivity index (χ1) is 17.6. The molecule has 2 aromatic heterocycles. The van der Waals surface area contributed by atoms with Crippen LogP contribution >= 0.6 is 11.3 Å². The molecule has 4 aromatic rings. The molecule has 3 N–H and O–H groups in total. The summed E-state index contributed by atoms with van der Waals surface area (Å²) in [6, 6.07) is 18.9. The highest BCUT2D eigenvalue weighted by atomic mass is 32.1. The summed E-state index contributed by atoms with van der Waals surface area (Å²) in [7, 11) is 0. The van der Waals surface area contributed by atoms with Crippen LogP contribution in [0.1, 0.15) is 53.4 Å². The Morgan fingerprint density at radius 1 is 0.892 bits per heavy atom. The van der Waals surface area contributed by atoms with E-state index in [0.717, 1.165) is 33.6 Å². The number of thiophene rings is 1. The number of carbonyl (C=O) groups is 1. The number of aliphatic hydroxyl groups excluding tert-OH is 1. The highest BCUT2D eigenvalue weighted by Gasteiger charge is 2.21. The van der Waals surface area contributed by atoms with Crippen molar-refractivity contribution >= 4 is 17.2 Å². The zero-order valence-electron chi connectivity index (χ0n) is 21.6. The third kappa shape index (κ3) is 6.68. The fraction of sp³-hybridized carbons (Fsp3) is 0.300. The second kappa shape index (κ2) is 11.3. The minimum absolute atomic E-state index is 0.106. The number of aliphatic hydroxyl groups is 2. The summed E-state index contributed by atoms with van der Waals surface area (Å²) in [4.78, 5) is 23.3. The zero-order valence-corrected chi connectivity index (χ0v) is 22.4. The number of amides is 1. The van der Waals surface area contributed by atoms with Crippen molar-refractivity contribution in [1.82, 2.24) is 15.3 Å². The van der Waals surface area contributed by atoms with E-state index >= 15 is 0 Å². The number of rotatable bonds is 8. The highest BCUT2D eigenvalue weighted by molar-refractivity contribution is 7.14. The molecule has 4 rings (SSSR count). The molecule has 192 valence electrons. The lowest BCUT2D eigenvalue weighted by molar-refractivity contribution is -0.0647. The largest absolute Gasteiger partial charge is 0.366 e. The number of hydrogen-bond acceptors (Lipinski definition) is 6. The van der Waals surface area contributed by atoms with Crippen molar-refractivity contribution in [2.24, 2.45) is 0 Å². The van der Waals surface area contributed by atoms with Crippen LogP contribution in [-0.2, 0) is 18.3 Å². The van der Waals surface area contributed by atoms with Gasteiger partial charge < -0.3 is 15.5 Å². The Balaban J connectivity index is 1.42. The van der Waals surface area contributed by atoms with Gasteiger partial charge in [0, 0.05) is 28.4 Å². The summed E-state index contributed by atoms with van der Waals surface area (Å²) in [5, 5.41) is 22.4. The zero-order chi connectivity index (χ0) is 26.6. The molecule has 0 spiro atoms. The number of hydrogen-bond donors (Lipinski definition) is 3. The van der Waals surface area contributed by atoms with Crippen molar-refractivity contribution in [2.45, 2.75) is 58.3 Å². The molecule has 1 atom stereocenters. The van der Waals surface area contributed by atoms with E-state index in [9.17, 15) is 15.0 Å². The van der Waals surface area contributed by atoms with Crippen LogP contribution in [0.3, 0.4) is 0 Å². The molecule has 0 saturated carbocycles. The van der Waals surface area contributed by atoms with Crippen LogP contribution < -0.4 is 5.32 Å². The average molecular weight is 516 g/mol. The van der Waals surface area contributed by atoms with Crippen molar-refractivity contribution in [3.05, 3.63) is 93.9 Å². The molecule has 2 aromatic carbocycles. The Hall–Kier alpha value is -3.39. The fourth-order valence-electron chi connectivity index (χ4n) is 3.99. The number of aromatic nitrogens is 2. The van der Waals surface area contributed by atoms with Crippen molar-refractivity contribution in [3.8, 4) is 22.5 Å². The van der Waals surface area contributed by atoms with Crippen LogP contribution in [-0.4, -0.2) is 38.4 Å². The van der Waals surface area contributed by atoms with E-state index in [2.05, 4.69) is 60.3 Å². The van der Waals surface area contributed by atoms with E-state index in [1.807, 2.05) is 49.6 Å². The minimum Gasteiger partial charge on any atom is -0.366 e. The van der Waals surface area contributed by atoms with Crippen LogP contribution in [0, 0.1) is 0 Å². The summed E-state index contributed by atoms with van der Waals surface area (Å²) in [6.45, 7) is 8.61. The van der Waals surface area contributed by atoms with Gasteiger partial charge in [0.15, 0.2) is 12.1 Å². The molecular weight excluding hydrogens is 482 g/mol. The Bertz CT molecular complexity index is 1320. The van der Waals surface area contributed by atoms with E-state index in [4.69, 9.17) is 0 Å². The number of aryl methyl sites for hydroxylation is 1. The molecule has 37 heavy (non-hydrogen) atoms. The Labute approximate surface area is 222 Å². The maximum Gasteiger partial charge on any atom is 0.261 e. The molecule has 0 unspecified atom stereocenters. The molecule has 2 heterocycles. The summed E-state index contributed by atoms with van der Waals surface area (Å²) >= 11 is 1.41. The van der Waals surface area contributed by atoms with Gasteiger partial charge in [-0.3, -0.25) is 4.79 Å². The Morgan fingerprint density at radius 2 is 1.51 bits per heavy atom. The molecule has 0 bridgehead atoms. The second-order valence-corrected chi connectivity index (χ2v) is 11.3. The van der Waals surface area contributed by atoms with Crippen LogP contribution in [0.5, 0.6) is 0 Å². The van der Waals surface area contributed by atoms with E-state index < -0.39 is 12.3 Å². The standard InChI is InChI=1S/C30H33N3O3S/c1-5-24-14-15-26(37-24)28(34)33-25(29(35)36)16-19-6-8-21(9-7-19)27-31-17-22(18-32-27)20-10-12-23(13-11-20)30(2,3)4/h6-15,17-18,25,29,35-36H,5,16H2,1-4H3,(H,33,34)/t25-/m0/s1. The molecule has 0 saturated heterocycles. The molecule has 0 aliphatic rings. The summed E-state index contributed by atoms with van der Waals surface area (Å²) in [6.07, 6.45) is 3.10. The lowest BCUT2D eigenvalue weighted by atomic mass is 9.86. The second-order valence-electron chi connectivity index (χ2n) is 10.1. The first kappa shape index (κ1) is 26.7. The first-order valence-corrected chi connectivity index (χ1v) is 13.2. The number of nitrogens with zero attached hydrogens (tertiary/aromatic N) is 2. The van der Waals surface area contributed by atoms with Crippen LogP contribution in [0.2, 0.25) is 0 Å². The predicted molar refractivity (Wildman–Crippen MR) is 148 cm³/mol. The minimum atomic E-state index is -1.68. The molecule has 0 aliphatic heterocycles. The van der Waals surface area contributed by atoms with Crippen molar-refractivity contribution in [3.63, 3.8) is 0 Å². The smallest absolute Gasteiger partial charge is 0.261 e. The lowest BCUT2D eigenvalue weighted by Gasteiger charge is -2.20. The van der Waals surface area contributed by atoms with Gasteiger partial charge in [0.2, 0.25) is 0 Å². The maximum absolute atomic E-state index is 12.6. The first-order valence-electron chi connectivity index (χ1n) is 12.4. The molecule has 6 nitrogen and oxygen atoms in total. The third-order valence-electron chi connectivity index (χ3n) is 6.31. The Morgan fingerprint density at radius 3 is 2.05 bits per heavy atom. The lowest BCUT2D eigenvalue weighted by Crippen LogP contribution is -2.44. The fourth-order valence-corrected chi connectivity index (χ4v) is 4.84. The van der Waals surface area contributed by atoms with Gasteiger partial charge in [-0.1, -0.05) is 76.2 Å². The van der Waals surface area contributed by atoms with Crippen LogP contribution in [0.25, 0.3) is 22.5 Å². The molecule has 0 radical (unpaired) electrons. The molecule has 1 amide bonds. The average Bonchev–Trinajstić information content (AvgIpc) is 3.38. The van der Waals surface area contributed by atoms with Gasteiger partial charge in [0.1, 0.15) is 0 Å². The molecular formula is C30H33N3O3S. The van der Waals surface area contributed by atoms with Gasteiger partial charge in [-0.25, -0.2) is 9.97 Å². The summed E-state index contributed by atoms with van der Waals surface area (Å²) in [5.41, 5.74) is 5.12. The Kier molecular flexibility index (Phi) is 8.17. The highest BCUT2D eigenvalue weighted by Crippen LogP contribution is 2.26. The number of carbonyl (C=O) groups excluding carboxylic acids is 1. The molecule has 7 heteroatoms. The monoisotopic (exact) mass is 515 g/mol. The van der Waals surface area contributed by atoms with Gasteiger partial charge in [-0.05, 0) is 47.1 Å². The van der Waals surface area contributed by atoms with Gasteiger partial charge in [0.05, 0.1) is 10.9 Å². The molecule has 0 aliphatic carbocycles. The van der Waals surface area contributed by atoms with E-state index in [1.165, 1.54) is 16.9 Å². The van der Waals surface area contributed by atoms with Gasteiger partial charge in [-0.15, -0.1) is 11.3 Å².